The van der Waals surface area contributed by atoms with E-state index in [2.05, 4.69) is 43.5 Å². The summed E-state index contributed by atoms with van der Waals surface area (Å²) in [7, 11) is 0. The van der Waals surface area contributed by atoms with Crippen molar-refractivity contribution in [2.75, 3.05) is 5.32 Å². The Morgan fingerprint density at radius 1 is 1.09 bits per heavy atom. The predicted octanol–water partition coefficient (Wildman–Crippen LogP) is 4.71. The van der Waals surface area contributed by atoms with Gasteiger partial charge in [0.2, 0.25) is 5.95 Å². The molecule has 0 unspecified atom stereocenters. The highest BCUT2D eigenvalue weighted by atomic mass is 35.5. The lowest BCUT2D eigenvalue weighted by molar-refractivity contribution is 1.13. The topological polar surface area (TPSA) is 69.4 Å². The number of hydrogen-bond donors (Lipinski definition) is 3. The summed E-state index contributed by atoms with van der Waals surface area (Å²) in [6.07, 6.45) is 4.46. The highest BCUT2D eigenvalue weighted by molar-refractivity contribution is 6.29. The molecule has 5 rings (SSSR count). The number of anilines is 2. The molecule has 4 aromatic rings. The molecule has 3 N–H and O–H groups in total. The van der Waals surface area contributed by atoms with Crippen LogP contribution >= 0.6 is 11.6 Å². The van der Waals surface area contributed by atoms with Gasteiger partial charge in [-0.15, -0.1) is 0 Å². The normalized spacial score (nSPS) is 14.7. The first-order valence-electron chi connectivity index (χ1n) is 7.66. The molecule has 0 aliphatic heterocycles. The molecule has 1 aromatic carbocycles. The van der Waals surface area contributed by atoms with Crippen LogP contribution in [0.2, 0.25) is 5.15 Å². The summed E-state index contributed by atoms with van der Waals surface area (Å²) in [5.41, 5.74) is 5.99. The Morgan fingerprint density at radius 3 is 2.83 bits per heavy atom. The van der Waals surface area contributed by atoms with Crippen LogP contribution in [0.4, 0.5) is 11.6 Å². The Bertz CT molecular complexity index is 1030. The van der Waals surface area contributed by atoms with Gasteiger partial charge >= 0.3 is 0 Å². The van der Waals surface area contributed by atoms with Crippen molar-refractivity contribution in [2.45, 2.75) is 18.8 Å². The lowest BCUT2D eigenvalue weighted by atomic mass is 10.1. The van der Waals surface area contributed by atoms with Gasteiger partial charge in [-0.2, -0.15) is 0 Å². The van der Waals surface area contributed by atoms with Gasteiger partial charge in [0.25, 0.3) is 0 Å². The van der Waals surface area contributed by atoms with E-state index in [0.29, 0.717) is 11.1 Å². The number of halogens is 1. The lowest BCUT2D eigenvalue weighted by Crippen LogP contribution is -1.91. The van der Waals surface area contributed by atoms with Crippen molar-refractivity contribution in [3.8, 4) is 0 Å². The molecule has 1 saturated carbocycles. The van der Waals surface area contributed by atoms with Crippen molar-refractivity contribution in [3.63, 3.8) is 0 Å². The molecular formula is C17H14ClN5. The molecule has 3 aromatic heterocycles. The number of rotatable bonds is 3. The number of nitrogens with one attached hydrogen (secondary N) is 3. The van der Waals surface area contributed by atoms with Gasteiger partial charge in [0.05, 0.1) is 22.2 Å². The third-order valence-corrected chi connectivity index (χ3v) is 4.51. The fourth-order valence-corrected chi connectivity index (χ4v) is 3.10. The molecule has 1 aliphatic rings. The molecule has 5 nitrogen and oxygen atoms in total. The van der Waals surface area contributed by atoms with Crippen molar-refractivity contribution in [1.82, 2.24) is 19.9 Å². The van der Waals surface area contributed by atoms with Gasteiger partial charge in [-0.25, -0.2) is 9.97 Å². The van der Waals surface area contributed by atoms with Crippen molar-refractivity contribution in [2.24, 2.45) is 0 Å². The third-order valence-electron chi connectivity index (χ3n) is 4.30. The Hall–Kier alpha value is -2.53. The molecule has 0 atom stereocenters. The molecule has 6 heteroatoms. The zero-order valence-corrected chi connectivity index (χ0v) is 13.0. The van der Waals surface area contributed by atoms with Crippen LogP contribution in [0.25, 0.3) is 22.1 Å². The number of benzene rings is 1. The second kappa shape index (κ2) is 4.73. The molecule has 0 saturated heterocycles. The zero-order chi connectivity index (χ0) is 15.4. The number of imidazole rings is 1. The highest BCUT2D eigenvalue weighted by Crippen LogP contribution is 2.40. The summed E-state index contributed by atoms with van der Waals surface area (Å²) >= 11 is 5.99. The molecule has 1 fully saturated rings. The molecule has 0 bridgehead atoms. The standard InChI is InChI=1S/C17H14ClN5/c18-15-6-5-12-16(23-15)14(8-19-12)22-17-20-11-4-3-10(9-1-2-9)7-13(11)21-17/h3-9,19H,1-2H2,(H2,20,21,22). The predicted molar refractivity (Wildman–Crippen MR) is 92.5 cm³/mol. The SMILES string of the molecule is Clc1ccc2[nH]cc(Nc3nc4cc(C5CC5)ccc4[nH]3)c2n1. The Morgan fingerprint density at radius 2 is 1.96 bits per heavy atom. The van der Waals surface area contributed by atoms with E-state index in [4.69, 9.17) is 11.6 Å². The van der Waals surface area contributed by atoms with E-state index < -0.39 is 0 Å². The smallest absolute Gasteiger partial charge is 0.205 e. The second-order valence-electron chi connectivity index (χ2n) is 5.99. The van der Waals surface area contributed by atoms with E-state index in [1.807, 2.05) is 12.3 Å². The number of aromatic amines is 2. The third kappa shape index (κ3) is 2.24. The minimum atomic E-state index is 0.471. The van der Waals surface area contributed by atoms with Crippen LogP contribution in [0.3, 0.4) is 0 Å². The molecule has 1 aliphatic carbocycles. The van der Waals surface area contributed by atoms with Gasteiger partial charge in [0, 0.05) is 6.20 Å². The maximum absolute atomic E-state index is 5.99. The Kier molecular flexibility index (Phi) is 2.67. The van der Waals surface area contributed by atoms with Crippen LogP contribution in [0.5, 0.6) is 0 Å². The van der Waals surface area contributed by atoms with E-state index in [1.54, 1.807) is 6.07 Å². The minimum absolute atomic E-state index is 0.471. The van der Waals surface area contributed by atoms with Gasteiger partial charge in [-0.05, 0) is 48.6 Å². The largest absolute Gasteiger partial charge is 0.358 e. The first-order chi connectivity index (χ1) is 11.3. The highest BCUT2D eigenvalue weighted by Gasteiger charge is 2.23. The second-order valence-corrected chi connectivity index (χ2v) is 6.38. The maximum atomic E-state index is 5.99. The molecule has 0 radical (unpaired) electrons. The summed E-state index contributed by atoms with van der Waals surface area (Å²) in [4.78, 5) is 15.5. The molecule has 0 spiro atoms. The fourth-order valence-electron chi connectivity index (χ4n) is 2.95. The maximum Gasteiger partial charge on any atom is 0.205 e. The molecule has 23 heavy (non-hydrogen) atoms. The number of hydrogen-bond acceptors (Lipinski definition) is 3. The number of aromatic nitrogens is 4. The molecule has 3 heterocycles. The van der Waals surface area contributed by atoms with Crippen LogP contribution < -0.4 is 5.32 Å². The van der Waals surface area contributed by atoms with Crippen LogP contribution in [-0.4, -0.2) is 19.9 Å². The van der Waals surface area contributed by atoms with E-state index in [0.717, 1.165) is 33.7 Å². The van der Waals surface area contributed by atoms with Crippen LogP contribution in [0, 0.1) is 0 Å². The summed E-state index contributed by atoms with van der Waals surface area (Å²) < 4.78 is 0. The van der Waals surface area contributed by atoms with Gasteiger partial charge in [-0.1, -0.05) is 17.7 Å². The monoisotopic (exact) mass is 323 g/mol. The van der Waals surface area contributed by atoms with Crippen molar-refractivity contribution < 1.29 is 0 Å². The number of pyridine rings is 1. The lowest BCUT2D eigenvalue weighted by Gasteiger charge is -1.99. The van der Waals surface area contributed by atoms with Crippen LogP contribution in [0.15, 0.2) is 36.5 Å². The Labute approximate surface area is 137 Å². The molecule has 0 amide bonds. The van der Waals surface area contributed by atoms with Crippen LogP contribution in [-0.2, 0) is 0 Å². The van der Waals surface area contributed by atoms with E-state index >= 15 is 0 Å². The van der Waals surface area contributed by atoms with E-state index in [-0.39, 0.29) is 0 Å². The summed E-state index contributed by atoms with van der Waals surface area (Å²) in [5, 5.41) is 3.76. The van der Waals surface area contributed by atoms with Gasteiger partial charge in [0.1, 0.15) is 10.7 Å². The number of nitrogens with zero attached hydrogens (tertiary/aromatic N) is 2. The van der Waals surface area contributed by atoms with Gasteiger partial charge in [-0.3, -0.25) is 0 Å². The van der Waals surface area contributed by atoms with E-state index in [1.165, 1.54) is 18.4 Å². The quantitative estimate of drug-likeness (QED) is 0.478. The average Bonchev–Trinajstić information content (AvgIpc) is 3.22. The zero-order valence-electron chi connectivity index (χ0n) is 12.2. The fraction of sp³-hybridized carbons (Fsp3) is 0.176. The molecule has 114 valence electrons. The number of fused-ring (bicyclic) bond motifs is 2. The van der Waals surface area contributed by atoms with E-state index in [9.17, 15) is 0 Å². The first kappa shape index (κ1) is 13.0. The minimum Gasteiger partial charge on any atom is -0.358 e. The van der Waals surface area contributed by atoms with Crippen molar-refractivity contribution in [3.05, 3.63) is 47.2 Å². The van der Waals surface area contributed by atoms with Crippen molar-refractivity contribution in [1.29, 1.82) is 0 Å². The summed E-state index contributed by atoms with van der Waals surface area (Å²) in [6.45, 7) is 0. The van der Waals surface area contributed by atoms with Gasteiger partial charge in [0.15, 0.2) is 0 Å². The summed E-state index contributed by atoms with van der Waals surface area (Å²) in [5.74, 6) is 1.43. The Balaban J connectivity index is 1.53. The van der Waals surface area contributed by atoms with Gasteiger partial charge < -0.3 is 15.3 Å². The van der Waals surface area contributed by atoms with Crippen LogP contribution in [0.1, 0.15) is 24.3 Å². The molecular weight excluding hydrogens is 310 g/mol. The first-order valence-corrected chi connectivity index (χ1v) is 8.04. The average molecular weight is 324 g/mol. The van der Waals surface area contributed by atoms with Crippen molar-refractivity contribution >= 4 is 45.3 Å². The summed E-state index contributed by atoms with van der Waals surface area (Å²) in [6, 6.07) is 10.2. The number of H-pyrrole nitrogens is 2.